The van der Waals surface area contributed by atoms with Crippen molar-refractivity contribution in [2.24, 2.45) is 0 Å². The van der Waals surface area contributed by atoms with Crippen LogP contribution in [0.3, 0.4) is 0 Å². The quantitative estimate of drug-likeness (QED) is 0.566. The first-order chi connectivity index (χ1) is 13.2. The van der Waals surface area contributed by atoms with Gasteiger partial charge >= 0.3 is 0 Å². The fourth-order valence-electron chi connectivity index (χ4n) is 3.46. The van der Waals surface area contributed by atoms with Crippen LogP contribution in [0.5, 0.6) is 0 Å². The van der Waals surface area contributed by atoms with Crippen LogP contribution in [0.25, 0.3) is 10.2 Å². The van der Waals surface area contributed by atoms with Crippen molar-refractivity contribution in [1.82, 2.24) is 9.88 Å². The fourth-order valence-corrected chi connectivity index (χ4v) is 4.60. The number of carbonyl (C=O) groups is 1. The molecule has 0 N–H and O–H groups in total. The van der Waals surface area contributed by atoms with Gasteiger partial charge < -0.3 is 4.90 Å². The standard InChI is InChI=1S/C21H22N2OS.C2H6/c1-2-15-7-9-17(10-8-15)21(24)23-13-11-16(12-14-23)20-22-18-5-3-4-6-19(18)25-20;1-2/h3-10,16H,2,11-14H2,1H3;1-2H3. The molecule has 142 valence electrons. The Morgan fingerprint density at radius 3 is 2.37 bits per heavy atom. The number of piperidine rings is 1. The highest BCUT2D eigenvalue weighted by Gasteiger charge is 2.26. The van der Waals surface area contributed by atoms with Crippen molar-refractivity contribution in [3.63, 3.8) is 0 Å². The largest absolute Gasteiger partial charge is 0.339 e. The zero-order valence-electron chi connectivity index (χ0n) is 16.4. The molecule has 3 nitrogen and oxygen atoms in total. The molecule has 1 saturated heterocycles. The molecule has 1 aliphatic heterocycles. The minimum Gasteiger partial charge on any atom is -0.339 e. The Morgan fingerprint density at radius 1 is 1.07 bits per heavy atom. The minimum atomic E-state index is 0.158. The maximum Gasteiger partial charge on any atom is 0.253 e. The predicted molar refractivity (Wildman–Crippen MR) is 115 cm³/mol. The van der Waals surface area contributed by atoms with Crippen molar-refractivity contribution in [2.45, 2.75) is 46.0 Å². The lowest BCUT2D eigenvalue weighted by Gasteiger charge is -2.31. The molecule has 1 fully saturated rings. The molecule has 0 bridgehead atoms. The van der Waals surface area contributed by atoms with Crippen LogP contribution in [0.4, 0.5) is 0 Å². The molecular formula is C23H28N2OS. The average Bonchev–Trinajstić information content (AvgIpc) is 3.19. The highest BCUT2D eigenvalue weighted by Crippen LogP contribution is 2.34. The molecule has 4 rings (SSSR count). The van der Waals surface area contributed by atoms with E-state index in [1.807, 2.05) is 36.9 Å². The zero-order chi connectivity index (χ0) is 19.2. The molecule has 2 aromatic carbocycles. The van der Waals surface area contributed by atoms with Crippen LogP contribution in [0.2, 0.25) is 0 Å². The molecule has 0 saturated carbocycles. The first-order valence-corrected chi connectivity index (χ1v) is 10.8. The van der Waals surface area contributed by atoms with Crippen LogP contribution in [-0.4, -0.2) is 28.9 Å². The smallest absolute Gasteiger partial charge is 0.253 e. The molecule has 0 radical (unpaired) electrons. The third-order valence-electron chi connectivity index (χ3n) is 5.05. The first-order valence-electron chi connectivity index (χ1n) is 9.98. The van der Waals surface area contributed by atoms with Crippen LogP contribution >= 0.6 is 11.3 Å². The molecule has 4 heteroatoms. The van der Waals surface area contributed by atoms with Gasteiger partial charge in [-0.05, 0) is 49.1 Å². The molecule has 0 spiro atoms. The second kappa shape index (κ2) is 9.14. The second-order valence-corrected chi connectivity index (χ2v) is 7.70. The van der Waals surface area contributed by atoms with Gasteiger partial charge in [0.25, 0.3) is 5.91 Å². The molecule has 3 aromatic rings. The van der Waals surface area contributed by atoms with E-state index >= 15 is 0 Å². The maximum absolute atomic E-state index is 12.7. The van der Waals surface area contributed by atoms with Crippen molar-refractivity contribution in [3.8, 4) is 0 Å². The van der Waals surface area contributed by atoms with Gasteiger partial charge in [-0.3, -0.25) is 4.79 Å². The van der Waals surface area contributed by atoms with Crippen molar-refractivity contribution in [1.29, 1.82) is 0 Å². The summed E-state index contributed by atoms with van der Waals surface area (Å²) in [6, 6.07) is 16.3. The molecule has 0 aliphatic carbocycles. The molecule has 27 heavy (non-hydrogen) atoms. The Morgan fingerprint density at radius 2 is 1.74 bits per heavy atom. The second-order valence-electron chi connectivity index (χ2n) is 6.64. The number of aryl methyl sites for hydroxylation is 1. The summed E-state index contributed by atoms with van der Waals surface area (Å²) in [5.41, 5.74) is 3.17. The third kappa shape index (κ3) is 4.38. The summed E-state index contributed by atoms with van der Waals surface area (Å²) in [5.74, 6) is 0.634. The third-order valence-corrected chi connectivity index (χ3v) is 6.25. The number of likely N-dealkylation sites (tertiary alicyclic amines) is 1. The van der Waals surface area contributed by atoms with E-state index in [1.165, 1.54) is 15.3 Å². The number of aromatic nitrogens is 1. The summed E-state index contributed by atoms with van der Waals surface area (Å²) in [5, 5.41) is 1.22. The van der Waals surface area contributed by atoms with Crippen LogP contribution in [0, 0.1) is 0 Å². The molecule has 1 amide bonds. The SMILES string of the molecule is CC.CCc1ccc(C(=O)N2CCC(c3nc4ccccc4s3)CC2)cc1. The normalized spacial score (nSPS) is 14.7. The van der Waals surface area contributed by atoms with E-state index in [1.54, 1.807) is 11.3 Å². The maximum atomic E-state index is 12.7. The summed E-state index contributed by atoms with van der Waals surface area (Å²) in [4.78, 5) is 19.5. The molecular weight excluding hydrogens is 352 g/mol. The molecule has 2 heterocycles. The number of carbonyl (C=O) groups excluding carboxylic acids is 1. The number of nitrogens with zero attached hydrogens (tertiary/aromatic N) is 2. The van der Waals surface area contributed by atoms with Gasteiger partial charge in [-0.25, -0.2) is 4.98 Å². The van der Waals surface area contributed by atoms with Crippen LogP contribution < -0.4 is 0 Å². The minimum absolute atomic E-state index is 0.158. The van der Waals surface area contributed by atoms with Crippen LogP contribution in [-0.2, 0) is 6.42 Å². The number of fused-ring (bicyclic) bond motifs is 1. The number of rotatable bonds is 3. The average molecular weight is 381 g/mol. The Labute approximate surface area is 166 Å². The Hall–Kier alpha value is -2.20. The van der Waals surface area contributed by atoms with Gasteiger partial charge in [0.1, 0.15) is 0 Å². The number of thiazole rings is 1. The van der Waals surface area contributed by atoms with E-state index in [0.29, 0.717) is 5.92 Å². The highest BCUT2D eigenvalue weighted by atomic mass is 32.1. The van der Waals surface area contributed by atoms with E-state index in [9.17, 15) is 4.79 Å². The van der Waals surface area contributed by atoms with Crippen molar-refractivity contribution < 1.29 is 4.79 Å². The monoisotopic (exact) mass is 380 g/mol. The van der Waals surface area contributed by atoms with Gasteiger partial charge in [-0.1, -0.05) is 45.0 Å². The highest BCUT2D eigenvalue weighted by molar-refractivity contribution is 7.18. The van der Waals surface area contributed by atoms with E-state index in [-0.39, 0.29) is 5.91 Å². The van der Waals surface area contributed by atoms with Crippen LogP contribution in [0.15, 0.2) is 48.5 Å². The number of hydrogen-bond acceptors (Lipinski definition) is 3. The summed E-state index contributed by atoms with van der Waals surface area (Å²) in [6.07, 6.45) is 3.00. The number of benzene rings is 2. The summed E-state index contributed by atoms with van der Waals surface area (Å²) >= 11 is 1.80. The van der Waals surface area contributed by atoms with Gasteiger partial charge in [0.05, 0.1) is 15.2 Å². The molecule has 1 aromatic heterocycles. The Kier molecular flexibility index (Phi) is 6.62. The van der Waals surface area contributed by atoms with Gasteiger partial charge in [0, 0.05) is 24.6 Å². The summed E-state index contributed by atoms with van der Waals surface area (Å²) in [6.45, 7) is 7.76. The van der Waals surface area contributed by atoms with Crippen LogP contribution in [0.1, 0.15) is 60.5 Å². The van der Waals surface area contributed by atoms with Gasteiger partial charge in [-0.15, -0.1) is 11.3 Å². The van der Waals surface area contributed by atoms with E-state index < -0.39 is 0 Å². The van der Waals surface area contributed by atoms with Gasteiger partial charge in [0.15, 0.2) is 0 Å². The fraction of sp³-hybridized carbons (Fsp3) is 0.391. The lowest BCUT2D eigenvalue weighted by atomic mass is 9.97. The molecule has 1 aliphatic rings. The van der Waals surface area contributed by atoms with Crippen molar-refractivity contribution in [2.75, 3.05) is 13.1 Å². The van der Waals surface area contributed by atoms with E-state index in [2.05, 4.69) is 37.3 Å². The number of para-hydroxylation sites is 1. The predicted octanol–water partition coefficient (Wildman–Crippen LogP) is 5.90. The summed E-state index contributed by atoms with van der Waals surface area (Å²) in [7, 11) is 0. The van der Waals surface area contributed by atoms with E-state index in [0.717, 1.165) is 43.4 Å². The Balaban J connectivity index is 0.00000102. The van der Waals surface area contributed by atoms with Crippen molar-refractivity contribution in [3.05, 3.63) is 64.7 Å². The summed E-state index contributed by atoms with van der Waals surface area (Å²) < 4.78 is 1.26. The van der Waals surface area contributed by atoms with Gasteiger partial charge in [0.2, 0.25) is 0 Å². The zero-order valence-corrected chi connectivity index (χ0v) is 17.3. The van der Waals surface area contributed by atoms with E-state index in [4.69, 9.17) is 4.98 Å². The topological polar surface area (TPSA) is 33.2 Å². The lowest BCUT2D eigenvalue weighted by Crippen LogP contribution is -2.37. The Bertz CT molecular complexity index is 844. The number of amides is 1. The van der Waals surface area contributed by atoms with Crippen molar-refractivity contribution >= 4 is 27.5 Å². The molecule has 0 atom stereocenters. The molecule has 0 unspecified atom stereocenters. The number of hydrogen-bond donors (Lipinski definition) is 0. The van der Waals surface area contributed by atoms with Gasteiger partial charge in [-0.2, -0.15) is 0 Å². The first kappa shape index (κ1) is 19.6. The lowest BCUT2D eigenvalue weighted by molar-refractivity contribution is 0.0713.